The van der Waals surface area contributed by atoms with Gasteiger partial charge >= 0.3 is 0 Å². The highest BCUT2D eigenvalue weighted by Crippen LogP contribution is 2.62. The van der Waals surface area contributed by atoms with Gasteiger partial charge in [-0.05, 0) is 136 Å². The monoisotopic (exact) mass is 860 g/mol. The number of aliphatic hydroxyl groups excluding tert-OH is 1. The molecule has 1 spiro atoms. The van der Waals surface area contributed by atoms with Gasteiger partial charge in [0, 0.05) is 49.8 Å². The Bertz CT molecular complexity index is 1680. The number of carbonyl (C=O) groups excluding carboxylic acids is 3. The van der Waals surface area contributed by atoms with Gasteiger partial charge < -0.3 is 29.3 Å². The zero-order chi connectivity index (χ0) is 42.2. The molecule has 8 fully saturated rings. The molecule has 4 aliphatic heterocycles. The van der Waals surface area contributed by atoms with E-state index in [2.05, 4.69) is 34.7 Å². The van der Waals surface area contributed by atoms with Gasteiger partial charge in [-0.3, -0.25) is 14.4 Å². The summed E-state index contributed by atoms with van der Waals surface area (Å²) in [6, 6.07) is 0.713. The maximum absolute atomic E-state index is 15.7. The van der Waals surface area contributed by atoms with Gasteiger partial charge in [-0.15, -0.1) is 0 Å². The first-order valence-corrected chi connectivity index (χ1v) is 29.2. The Morgan fingerprint density at radius 1 is 0.836 bits per heavy atom. The largest absolute Gasteiger partial charge is 0.394 e. The Morgan fingerprint density at radius 2 is 1.54 bits per heavy atom. The van der Waals surface area contributed by atoms with Crippen molar-refractivity contribution in [2.45, 2.75) is 221 Å². The molecule has 5 saturated carbocycles. The first-order chi connectivity index (χ1) is 29.5. The van der Waals surface area contributed by atoms with Crippen LogP contribution >= 0.6 is 0 Å². The highest BCUT2D eigenvalue weighted by molar-refractivity contribution is 6.80. The fourth-order valence-electron chi connectivity index (χ4n) is 17.2. The van der Waals surface area contributed by atoms with Crippen LogP contribution in [0.15, 0.2) is 11.3 Å². The summed E-state index contributed by atoms with van der Waals surface area (Å²) in [7, 11) is -0.274. The number of aliphatic hydroxyl groups is 1. The average Bonchev–Trinajstić information content (AvgIpc) is 3.84. The van der Waals surface area contributed by atoms with Crippen LogP contribution in [-0.2, 0) is 23.9 Å². The number of methoxy groups -OCH3 is 1. The second-order valence-electron chi connectivity index (χ2n) is 23.2. The molecular weight excluding hydrogens is 779 g/mol. The number of nitrogens with zero attached hydrogens (tertiary/aromatic N) is 3. The maximum atomic E-state index is 15.7. The van der Waals surface area contributed by atoms with Crippen molar-refractivity contribution in [3.8, 4) is 0 Å². The molecule has 6 unspecified atom stereocenters. The molecule has 6 aliphatic carbocycles. The topological polar surface area (TPSA) is 99.6 Å². The minimum absolute atomic E-state index is 0.00482. The molecule has 340 valence electrons. The number of carbonyl (C=O) groups is 3. The number of hydrogen-bond donors (Lipinski definition) is 1. The van der Waals surface area contributed by atoms with Crippen LogP contribution < -0.4 is 0 Å². The van der Waals surface area contributed by atoms with E-state index < -0.39 is 13.7 Å². The van der Waals surface area contributed by atoms with Crippen molar-refractivity contribution in [1.82, 2.24) is 14.7 Å². The lowest BCUT2D eigenvalue weighted by molar-refractivity contribution is -0.154. The van der Waals surface area contributed by atoms with E-state index >= 15 is 4.79 Å². The second kappa shape index (κ2) is 17.2. The SMILES string of the molecule is COC1CCC([Si](C)(C)[C@H]2[C@H](CC(=O)N3CC4CCCCC4C[C@H]3CO)O[C@@]3(C(=O)N(CC4CCC(N5C(=O)C6CCCC7CCCC5C76)CC4)C4=C3CCCC4)[C@@H]2C)CC1. The average molecular weight is 860 g/mol. The lowest BCUT2D eigenvalue weighted by atomic mass is 9.65. The van der Waals surface area contributed by atoms with Crippen molar-refractivity contribution >= 4 is 25.8 Å². The van der Waals surface area contributed by atoms with E-state index in [1.54, 1.807) is 0 Å². The van der Waals surface area contributed by atoms with Gasteiger partial charge in [0.1, 0.15) is 0 Å². The number of hydrogen-bond acceptors (Lipinski definition) is 6. The Morgan fingerprint density at radius 3 is 2.28 bits per heavy atom. The molecule has 0 bridgehead atoms. The van der Waals surface area contributed by atoms with Crippen LogP contribution in [0.4, 0.5) is 0 Å². The number of fused-ring (bicyclic) bond motifs is 2. The van der Waals surface area contributed by atoms with Gasteiger partial charge in [0.2, 0.25) is 11.8 Å². The molecule has 3 saturated heterocycles. The van der Waals surface area contributed by atoms with Crippen LogP contribution in [0.5, 0.6) is 0 Å². The summed E-state index contributed by atoms with van der Waals surface area (Å²) in [5.74, 6) is 4.01. The van der Waals surface area contributed by atoms with Crippen LogP contribution in [0.25, 0.3) is 0 Å². The summed E-state index contributed by atoms with van der Waals surface area (Å²) in [4.78, 5) is 51.2. The molecule has 9 nitrogen and oxygen atoms in total. The highest BCUT2D eigenvalue weighted by atomic mass is 28.3. The zero-order valence-electron chi connectivity index (χ0n) is 38.5. The first-order valence-electron chi connectivity index (χ1n) is 26.0. The fourth-order valence-corrected chi connectivity index (χ4v) is 22.2. The molecule has 10 heteroatoms. The minimum Gasteiger partial charge on any atom is -0.394 e. The van der Waals surface area contributed by atoms with E-state index in [9.17, 15) is 14.7 Å². The third-order valence-corrected chi connectivity index (χ3v) is 25.5. The number of ether oxygens (including phenoxy) is 2. The molecular formula is C51H81N3O6Si. The summed E-state index contributed by atoms with van der Waals surface area (Å²) >= 11 is 0. The Labute approximate surface area is 368 Å². The highest BCUT2D eigenvalue weighted by Gasteiger charge is 2.68. The van der Waals surface area contributed by atoms with Crippen LogP contribution in [0, 0.1) is 41.4 Å². The molecule has 10 rings (SSSR count). The van der Waals surface area contributed by atoms with Crippen molar-refractivity contribution in [2.75, 3.05) is 26.8 Å². The molecule has 0 aromatic heterocycles. The number of piperidine rings is 1. The zero-order valence-corrected chi connectivity index (χ0v) is 39.5. The van der Waals surface area contributed by atoms with E-state index in [4.69, 9.17) is 9.47 Å². The fraction of sp³-hybridized carbons (Fsp3) is 0.902. The van der Waals surface area contributed by atoms with Gasteiger partial charge in [0.05, 0.1) is 39.4 Å². The normalized spacial score (nSPS) is 44.1. The summed E-state index contributed by atoms with van der Waals surface area (Å²) in [6.45, 7) is 9.02. The van der Waals surface area contributed by atoms with Crippen molar-refractivity contribution in [3.63, 3.8) is 0 Å². The van der Waals surface area contributed by atoms with Gasteiger partial charge in [0.25, 0.3) is 5.91 Å². The summed E-state index contributed by atoms with van der Waals surface area (Å²) in [5, 5.41) is 10.6. The van der Waals surface area contributed by atoms with Crippen LogP contribution in [-0.4, -0.2) is 108 Å². The Balaban J connectivity index is 0.895. The molecule has 11 atom stereocenters. The lowest BCUT2D eigenvalue weighted by Crippen LogP contribution is -2.53. The molecule has 3 amide bonds. The minimum atomic E-state index is -2.13. The summed E-state index contributed by atoms with van der Waals surface area (Å²) in [5.41, 5.74) is 2.30. The number of likely N-dealkylation sites (tertiary alicyclic amines) is 2. The Hall–Kier alpha value is -1.75. The van der Waals surface area contributed by atoms with E-state index in [0.29, 0.717) is 59.7 Å². The molecule has 0 aromatic carbocycles. The van der Waals surface area contributed by atoms with Crippen molar-refractivity contribution in [2.24, 2.45) is 41.4 Å². The van der Waals surface area contributed by atoms with E-state index in [-0.39, 0.29) is 47.9 Å². The quantitative estimate of drug-likeness (QED) is 0.232. The van der Waals surface area contributed by atoms with Gasteiger partial charge in [-0.1, -0.05) is 77.8 Å². The third kappa shape index (κ3) is 7.27. The molecule has 0 radical (unpaired) electrons. The smallest absolute Gasteiger partial charge is 0.263 e. The van der Waals surface area contributed by atoms with Gasteiger partial charge in [-0.2, -0.15) is 0 Å². The summed E-state index contributed by atoms with van der Waals surface area (Å²) < 4.78 is 13.4. The standard InChI is InChI=1S/C51H81N3O6Si/c1-32-48(61(3,4)40-25-23-39(59-2)24-26-40)45(28-46(56)52-30-36-12-6-5-11-35(36)27-38(52)31-55)60-51(32)42-16-7-8-17-43(42)53(50(51)58)29-33-19-21-37(22-20-33)54-44-18-10-14-34-13-9-15-41(47(34)44)49(54)57/h32-41,44-45,47-48,55H,5-31H2,1-4H3/t32-,33?,34?,35?,36?,37?,38+,39?,40?,41?,44?,45+,47?,48-,51+/m1/s1. The second-order valence-corrected chi connectivity index (χ2v) is 28.3. The molecule has 4 heterocycles. The molecule has 1 N–H and O–H groups in total. The third-order valence-electron chi connectivity index (χ3n) is 20.2. The van der Waals surface area contributed by atoms with Crippen molar-refractivity contribution in [3.05, 3.63) is 11.3 Å². The van der Waals surface area contributed by atoms with Crippen LogP contribution in [0.3, 0.4) is 0 Å². The first kappa shape index (κ1) is 43.2. The lowest BCUT2D eigenvalue weighted by Gasteiger charge is -2.47. The number of allylic oxidation sites excluding steroid dienone is 1. The summed E-state index contributed by atoms with van der Waals surface area (Å²) in [6.07, 6.45) is 26.4. The van der Waals surface area contributed by atoms with Crippen molar-refractivity contribution < 1.29 is 29.0 Å². The van der Waals surface area contributed by atoms with E-state index in [1.807, 2.05) is 7.11 Å². The molecule has 61 heavy (non-hydrogen) atoms. The molecule has 0 aromatic rings. The van der Waals surface area contributed by atoms with Crippen LogP contribution in [0.2, 0.25) is 24.2 Å². The van der Waals surface area contributed by atoms with Crippen LogP contribution in [0.1, 0.15) is 161 Å². The van der Waals surface area contributed by atoms with E-state index in [0.717, 1.165) is 109 Å². The Kier molecular flexibility index (Phi) is 12.2. The number of amides is 3. The van der Waals surface area contributed by atoms with E-state index in [1.165, 1.54) is 69.1 Å². The van der Waals surface area contributed by atoms with Crippen molar-refractivity contribution in [1.29, 1.82) is 0 Å². The van der Waals surface area contributed by atoms with Gasteiger partial charge in [-0.25, -0.2) is 0 Å². The maximum Gasteiger partial charge on any atom is 0.263 e. The predicted octanol–water partition coefficient (Wildman–Crippen LogP) is 9.24. The number of rotatable bonds is 9. The van der Waals surface area contributed by atoms with Gasteiger partial charge in [0.15, 0.2) is 5.60 Å². The molecule has 10 aliphatic rings. The predicted molar refractivity (Wildman–Crippen MR) is 240 cm³/mol.